The Labute approximate surface area is 141 Å². The van der Waals surface area contributed by atoms with Crippen LogP contribution in [0, 0.1) is 0 Å². The van der Waals surface area contributed by atoms with E-state index < -0.39 is 18.5 Å². The van der Waals surface area contributed by atoms with Crippen molar-refractivity contribution in [2.45, 2.75) is 0 Å². The van der Waals surface area contributed by atoms with Crippen molar-refractivity contribution in [1.29, 1.82) is 0 Å². The van der Waals surface area contributed by atoms with Crippen LogP contribution in [-0.2, 0) is 9.53 Å². The molecule has 0 saturated heterocycles. The Balaban J connectivity index is 1.95. The van der Waals surface area contributed by atoms with Gasteiger partial charge >= 0.3 is 5.97 Å². The normalized spacial score (nSPS) is 10.1. The number of aromatic nitrogens is 1. The molecule has 22 heavy (non-hydrogen) atoms. The fourth-order valence-corrected chi connectivity index (χ4v) is 2.08. The highest BCUT2D eigenvalue weighted by Crippen LogP contribution is 2.26. The molecule has 0 bridgehead atoms. The first kappa shape index (κ1) is 16.5. The first-order valence-electron chi connectivity index (χ1n) is 6.00. The summed E-state index contributed by atoms with van der Waals surface area (Å²) in [6.45, 7) is -0.493. The van der Waals surface area contributed by atoms with Crippen LogP contribution in [0.4, 0.5) is 5.69 Å². The first-order valence-corrected chi connectivity index (χ1v) is 7.14. The highest BCUT2D eigenvalue weighted by Gasteiger charge is 2.16. The lowest BCUT2D eigenvalue weighted by atomic mass is 10.2. The molecule has 0 saturated carbocycles. The van der Waals surface area contributed by atoms with Crippen molar-refractivity contribution in [2.75, 3.05) is 11.9 Å². The van der Waals surface area contributed by atoms with Crippen molar-refractivity contribution in [3.63, 3.8) is 0 Å². The minimum atomic E-state index is -0.750. The molecule has 1 amide bonds. The third-order valence-corrected chi connectivity index (χ3v) is 3.66. The second kappa shape index (κ2) is 7.45. The summed E-state index contributed by atoms with van der Waals surface area (Å²) in [7, 11) is 0. The maximum Gasteiger partial charge on any atom is 0.340 e. The molecule has 0 aliphatic carbocycles. The SMILES string of the molecule is O=C(COC(=O)c1cccc(Cl)c1Cl)Nc1cccnc1Cl. The number of benzene rings is 1. The molecule has 5 nitrogen and oxygen atoms in total. The highest BCUT2D eigenvalue weighted by atomic mass is 35.5. The lowest BCUT2D eigenvalue weighted by Gasteiger charge is -2.08. The van der Waals surface area contributed by atoms with E-state index in [1.54, 1.807) is 18.2 Å². The van der Waals surface area contributed by atoms with Crippen LogP contribution in [0.3, 0.4) is 0 Å². The minimum absolute atomic E-state index is 0.0740. The maximum atomic E-state index is 11.9. The number of carbonyl (C=O) groups excluding carboxylic acids is 2. The van der Waals surface area contributed by atoms with E-state index in [0.29, 0.717) is 5.69 Å². The fraction of sp³-hybridized carbons (Fsp3) is 0.0714. The Bertz CT molecular complexity index is 722. The Morgan fingerprint density at radius 3 is 2.64 bits per heavy atom. The van der Waals surface area contributed by atoms with E-state index in [-0.39, 0.29) is 20.8 Å². The van der Waals surface area contributed by atoms with E-state index in [2.05, 4.69) is 10.3 Å². The third kappa shape index (κ3) is 4.10. The highest BCUT2D eigenvalue weighted by molar-refractivity contribution is 6.43. The second-order valence-electron chi connectivity index (χ2n) is 4.07. The van der Waals surface area contributed by atoms with Gasteiger partial charge in [0, 0.05) is 6.20 Å². The number of hydrogen-bond acceptors (Lipinski definition) is 4. The monoisotopic (exact) mass is 358 g/mol. The van der Waals surface area contributed by atoms with E-state index in [9.17, 15) is 9.59 Å². The molecule has 0 aliphatic rings. The van der Waals surface area contributed by atoms with E-state index in [4.69, 9.17) is 39.5 Å². The molecule has 0 fully saturated rings. The molecule has 0 radical (unpaired) electrons. The molecule has 0 spiro atoms. The van der Waals surface area contributed by atoms with E-state index in [1.165, 1.54) is 18.3 Å². The summed E-state index contributed by atoms with van der Waals surface area (Å²) < 4.78 is 4.88. The molecule has 0 aliphatic heterocycles. The Morgan fingerprint density at radius 1 is 1.14 bits per heavy atom. The van der Waals surface area contributed by atoms with Crippen molar-refractivity contribution < 1.29 is 14.3 Å². The van der Waals surface area contributed by atoms with Crippen LogP contribution in [0.5, 0.6) is 0 Å². The molecular formula is C14H9Cl3N2O3. The fourth-order valence-electron chi connectivity index (χ4n) is 1.54. The number of pyridine rings is 1. The smallest absolute Gasteiger partial charge is 0.340 e. The summed E-state index contributed by atoms with van der Waals surface area (Å²) in [4.78, 5) is 27.4. The lowest BCUT2D eigenvalue weighted by Crippen LogP contribution is -2.21. The van der Waals surface area contributed by atoms with Crippen molar-refractivity contribution >= 4 is 52.4 Å². The summed E-state index contributed by atoms with van der Waals surface area (Å²) in [6.07, 6.45) is 1.49. The molecule has 0 atom stereocenters. The van der Waals surface area contributed by atoms with Crippen LogP contribution in [0.1, 0.15) is 10.4 Å². The zero-order chi connectivity index (χ0) is 16.1. The number of nitrogens with one attached hydrogen (secondary N) is 1. The van der Waals surface area contributed by atoms with E-state index in [1.807, 2.05) is 0 Å². The molecule has 1 N–H and O–H groups in total. The number of anilines is 1. The average molecular weight is 360 g/mol. The van der Waals surface area contributed by atoms with Gasteiger partial charge < -0.3 is 10.1 Å². The number of halogens is 3. The molecule has 2 aromatic rings. The number of rotatable bonds is 4. The predicted octanol–water partition coefficient (Wildman–Crippen LogP) is 3.84. The molecule has 1 aromatic carbocycles. The molecule has 1 heterocycles. The molecule has 114 valence electrons. The molecular weight excluding hydrogens is 351 g/mol. The predicted molar refractivity (Wildman–Crippen MR) is 84.6 cm³/mol. The van der Waals surface area contributed by atoms with Gasteiger partial charge in [-0.25, -0.2) is 9.78 Å². The molecule has 0 unspecified atom stereocenters. The van der Waals surface area contributed by atoms with Gasteiger partial charge in [0.25, 0.3) is 5.91 Å². The van der Waals surface area contributed by atoms with Gasteiger partial charge in [-0.2, -0.15) is 0 Å². The van der Waals surface area contributed by atoms with Gasteiger partial charge in [-0.05, 0) is 24.3 Å². The van der Waals surface area contributed by atoms with Gasteiger partial charge in [-0.15, -0.1) is 0 Å². The van der Waals surface area contributed by atoms with E-state index >= 15 is 0 Å². The van der Waals surface area contributed by atoms with Crippen molar-refractivity contribution in [1.82, 2.24) is 4.98 Å². The lowest BCUT2D eigenvalue weighted by molar-refractivity contribution is -0.119. The van der Waals surface area contributed by atoms with Gasteiger partial charge in [0.05, 0.1) is 21.3 Å². The number of amides is 1. The van der Waals surface area contributed by atoms with Gasteiger partial charge in [-0.3, -0.25) is 4.79 Å². The summed E-state index contributed by atoms with van der Waals surface area (Å²) in [6, 6.07) is 7.73. The Kier molecular flexibility index (Phi) is 5.60. The topological polar surface area (TPSA) is 68.3 Å². The zero-order valence-electron chi connectivity index (χ0n) is 11.0. The second-order valence-corrected chi connectivity index (χ2v) is 5.21. The average Bonchev–Trinajstić information content (AvgIpc) is 2.50. The van der Waals surface area contributed by atoms with Crippen molar-refractivity contribution in [3.8, 4) is 0 Å². The van der Waals surface area contributed by atoms with Crippen LogP contribution in [-0.4, -0.2) is 23.5 Å². The Hall–Kier alpha value is -1.82. The molecule has 1 aromatic heterocycles. The van der Waals surface area contributed by atoms with Crippen LogP contribution in [0.15, 0.2) is 36.5 Å². The molecule has 2 rings (SSSR count). The largest absolute Gasteiger partial charge is 0.452 e. The van der Waals surface area contributed by atoms with Crippen LogP contribution in [0.25, 0.3) is 0 Å². The van der Waals surface area contributed by atoms with Crippen LogP contribution < -0.4 is 5.32 Å². The summed E-state index contributed by atoms with van der Waals surface area (Å²) in [5, 5.41) is 2.91. The van der Waals surface area contributed by atoms with Crippen molar-refractivity contribution in [2.24, 2.45) is 0 Å². The number of carbonyl (C=O) groups is 2. The number of esters is 1. The van der Waals surface area contributed by atoms with Gasteiger partial charge in [-0.1, -0.05) is 40.9 Å². The third-order valence-electron chi connectivity index (χ3n) is 2.54. The number of hydrogen-bond donors (Lipinski definition) is 1. The summed E-state index contributed by atoms with van der Waals surface area (Å²) in [5.41, 5.74) is 0.410. The standard InChI is InChI=1S/C14H9Cl3N2O3/c15-9-4-1-3-8(12(9)16)14(21)22-7-11(20)19-10-5-2-6-18-13(10)17/h1-6H,7H2,(H,19,20). The van der Waals surface area contributed by atoms with Gasteiger partial charge in [0.15, 0.2) is 11.8 Å². The number of ether oxygens (including phenoxy) is 1. The van der Waals surface area contributed by atoms with Gasteiger partial charge in [0.2, 0.25) is 0 Å². The van der Waals surface area contributed by atoms with Crippen molar-refractivity contribution in [3.05, 3.63) is 57.3 Å². The number of nitrogens with zero attached hydrogens (tertiary/aromatic N) is 1. The quantitative estimate of drug-likeness (QED) is 0.665. The van der Waals surface area contributed by atoms with Crippen LogP contribution in [0.2, 0.25) is 15.2 Å². The molecule has 8 heteroatoms. The van der Waals surface area contributed by atoms with E-state index in [0.717, 1.165) is 0 Å². The summed E-state index contributed by atoms with van der Waals surface area (Å²) in [5.74, 6) is -1.30. The summed E-state index contributed by atoms with van der Waals surface area (Å²) >= 11 is 17.5. The maximum absolute atomic E-state index is 11.9. The minimum Gasteiger partial charge on any atom is -0.452 e. The zero-order valence-corrected chi connectivity index (χ0v) is 13.2. The Morgan fingerprint density at radius 2 is 1.91 bits per heavy atom. The van der Waals surface area contributed by atoms with Crippen LogP contribution >= 0.6 is 34.8 Å². The first-order chi connectivity index (χ1) is 10.5. The van der Waals surface area contributed by atoms with Gasteiger partial charge in [0.1, 0.15) is 0 Å².